The average molecular weight is 744 g/mol. The molecule has 3 aliphatic carbocycles. The van der Waals surface area contributed by atoms with Crippen LogP contribution in [0.3, 0.4) is 0 Å². The molecule has 4 amide bonds. The van der Waals surface area contributed by atoms with Crippen molar-refractivity contribution in [3.63, 3.8) is 0 Å². The Bertz CT molecular complexity index is 1870. The minimum atomic E-state index is -4.45. The third kappa shape index (κ3) is 8.07. The first kappa shape index (κ1) is 37.6. The molecule has 6 rings (SSSR count). The molecule has 2 unspecified atom stereocenters. The molecule has 284 valence electrons. The van der Waals surface area contributed by atoms with Gasteiger partial charge >= 0.3 is 16.4 Å². The number of nitrogens with zero attached hydrogens (tertiary/aromatic N) is 2. The van der Waals surface area contributed by atoms with Gasteiger partial charge in [-0.05, 0) is 86.9 Å². The summed E-state index contributed by atoms with van der Waals surface area (Å²) in [5, 5.41) is 7.07. The molecule has 4 fully saturated rings. The second-order valence-electron chi connectivity index (χ2n) is 16.2. The molecule has 0 spiro atoms. The minimum absolute atomic E-state index is 0.0272. The van der Waals surface area contributed by atoms with E-state index in [0.717, 1.165) is 18.2 Å². The summed E-state index contributed by atoms with van der Waals surface area (Å²) in [5.74, 6) is -1.50. The van der Waals surface area contributed by atoms with E-state index in [0.29, 0.717) is 36.3 Å². The van der Waals surface area contributed by atoms with Gasteiger partial charge in [-0.3, -0.25) is 14.4 Å². The van der Waals surface area contributed by atoms with E-state index in [2.05, 4.69) is 15.6 Å². The van der Waals surface area contributed by atoms with Crippen molar-refractivity contribution >= 4 is 44.9 Å². The molecule has 16 heteroatoms. The number of aromatic nitrogens is 1. The molecule has 5 atom stereocenters. The van der Waals surface area contributed by atoms with Crippen molar-refractivity contribution in [1.29, 1.82) is 0 Å². The molecule has 0 bridgehead atoms. The number of alkyl carbamates (subject to hydrolysis) is 1. The molecule has 52 heavy (non-hydrogen) atoms. The number of methoxy groups -OCH3 is 1. The molecule has 1 aromatic carbocycles. The fourth-order valence-electron chi connectivity index (χ4n) is 6.71. The highest BCUT2D eigenvalue weighted by molar-refractivity contribution is 7.85. The Labute approximate surface area is 304 Å². The van der Waals surface area contributed by atoms with E-state index in [4.69, 9.17) is 18.4 Å². The van der Waals surface area contributed by atoms with Gasteiger partial charge in [0.2, 0.25) is 17.7 Å². The third-order valence-electron chi connectivity index (χ3n) is 10.6. The number of hydrogen-bond donors (Lipinski definition) is 3. The summed E-state index contributed by atoms with van der Waals surface area (Å²) in [5.41, 5.74) is -3.76. The van der Waals surface area contributed by atoms with Crippen LogP contribution in [-0.2, 0) is 33.6 Å². The SMILES string of the molecule is CCC1C[C@]1(NC(=O)C1C[C@@H](Oc2nccc3cc(OC)ccc23)CN1C(=O)[C@@H](NC(=O)OC1(C)CC1)C(C)(C)C)C(=O)NS(=O)(=O)OC1(C)CC1. The van der Waals surface area contributed by atoms with Crippen LogP contribution in [-0.4, -0.2) is 90.7 Å². The van der Waals surface area contributed by atoms with Gasteiger partial charge in [0.15, 0.2) is 0 Å². The van der Waals surface area contributed by atoms with Crippen LogP contribution in [0.5, 0.6) is 11.6 Å². The van der Waals surface area contributed by atoms with Crippen molar-refractivity contribution in [2.75, 3.05) is 13.7 Å². The zero-order chi connectivity index (χ0) is 37.9. The Morgan fingerprint density at radius 3 is 2.35 bits per heavy atom. The van der Waals surface area contributed by atoms with E-state index < -0.39 is 74.5 Å². The van der Waals surface area contributed by atoms with E-state index >= 15 is 0 Å². The molecular weight excluding hydrogens is 694 g/mol. The monoisotopic (exact) mass is 743 g/mol. The van der Waals surface area contributed by atoms with Gasteiger partial charge in [0.25, 0.3) is 5.91 Å². The van der Waals surface area contributed by atoms with Crippen LogP contribution in [0, 0.1) is 11.3 Å². The number of benzene rings is 1. The molecule has 1 aromatic heterocycles. The Kier molecular flexibility index (Phi) is 9.64. The highest BCUT2D eigenvalue weighted by Gasteiger charge is 2.62. The Balaban J connectivity index is 1.26. The van der Waals surface area contributed by atoms with Gasteiger partial charge in [-0.2, -0.15) is 8.42 Å². The molecule has 15 nitrogen and oxygen atoms in total. The van der Waals surface area contributed by atoms with Crippen LogP contribution in [0.15, 0.2) is 30.5 Å². The fraction of sp³-hybridized carbons (Fsp3) is 0.639. The zero-order valence-corrected chi connectivity index (χ0v) is 31.6. The maximum absolute atomic E-state index is 14.5. The second-order valence-corrected chi connectivity index (χ2v) is 17.4. The van der Waals surface area contributed by atoms with Gasteiger partial charge in [-0.25, -0.2) is 18.7 Å². The summed E-state index contributed by atoms with van der Waals surface area (Å²) in [6.45, 7) is 10.6. The summed E-state index contributed by atoms with van der Waals surface area (Å²) in [6.07, 6.45) is 3.38. The maximum Gasteiger partial charge on any atom is 0.408 e. The van der Waals surface area contributed by atoms with Crippen LogP contribution in [0.25, 0.3) is 10.8 Å². The molecular formula is C36H49N5O10S. The lowest BCUT2D eigenvalue weighted by molar-refractivity contribution is -0.143. The zero-order valence-electron chi connectivity index (χ0n) is 30.7. The first-order chi connectivity index (χ1) is 24.3. The summed E-state index contributed by atoms with van der Waals surface area (Å²) in [7, 11) is -2.88. The highest BCUT2D eigenvalue weighted by Crippen LogP contribution is 2.47. The fourth-order valence-corrected chi connectivity index (χ4v) is 7.86. The molecule has 3 saturated carbocycles. The normalized spacial score (nSPS) is 26.1. The number of pyridine rings is 1. The molecule has 1 saturated heterocycles. The smallest absolute Gasteiger partial charge is 0.408 e. The van der Waals surface area contributed by atoms with Crippen LogP contribution >= 0.6 is 0 Å². The predicted octanol–water partition coefficient (Wildman–Crippen LogP) is 3.50. The summed E-state index contributed by atoms with van der Waals surface area (Å²) in [4.78, 5) is 61.1. The van der Waals surface area contributed by atoms with Crippen LogP contribution < -0.4 is 24.8 Å². The van der Waals surface area contributed by atoms with Gasteiger partial charge in [-0.1, -0.05) is 34.1 Å². The van der Waals surface area contributed by atoms with E-state index in [1.165, 1.54) is 4.90 Å². The van der Waals surface area contributed by atoms with Crippen molar-refractivity contribution in [2.45, 2.75) is 121 Å². The average Bonchev–Trinajstić information content (AvgIpc) is 4.02. The van der Waals surface area contributed by atoms with E-state index in [9.17, 15) is 27.6 Å². The molecule has 3 N–H and O–H groups in total. The number of carbonyl (C=O) groups excluding carboxylic acids is 4. The lowest BCUT2D eigenvalue weighted by Crippen LogP contribution is -2.60. The third-order valence-corrected chi connectivity index (χ3v) is 11.6. The quantitative estimate of drug-likeness (QED) is 0.272. The number of hydrogen-bond acceptors (Lipinski definition) is 11. The van der Waals surface area contributed by atoms with Crippen LogP contribution in [0.4, 0.5) is 4.79 Å². The van der Waals surface area contributed by atoms with E-state index in [1.807, 2.05) is 36.8 Å². The molecule has 0 radical (unpaired) electrons. The van der Waals surface area contributed by atoms with Crippen LogP contribution in [0.1, 0.15) is 86.5 Å². The minimum Gasteiger partial charge on any atom is -0.497 e. The molecule has 2 heterocycles. The number of nitrogens with one attached hydrogen (secondary N) is 3. The van der Waals surface area contributed by atoms with Crippen molar-refractivity contribution in [3.8, 4) is 11.6 Å². The van der Waals surface area contributed by atoms with E-state index in [1.54, 1.807) is 47.1 Å². The second kappa shape index (κ2) is 13.3. The number of amides is 4. The number of fused-ring (bicyclic) bond motifs is 1. The first-order valence-corrected chi connectivity index (χ1v) is 19.2. The maximum atomic E-state index is 14.5. The Morgan fingerprint density at radius 2 is 1.75 bits per heavy atom. The predicted molar refractivity (Wildman–Crippen MR) is 188 cm³/mol. The molecule has 1 aliphatic heterocycles. The van der Waals surface area contributed by atoms with Gasteiger partial charge in [0.05, 0.1) is 19.3 Å². The number of ether oxygens (including phenoxy) is 3. The largest absolute Gasteiger partial charge is 0.497 e. The lowest BCUT2D eigenvalue weighted by Gasteiger charge is -2.35. The van der Waals surface area contributed by atoms with Gasteiger partial charge < -0.3 is 29.7 Å². The summed E-state index contributed by atoms with van der Waals surface area (Å²) < 4.78 is 50.0. The van der Waals surface area contributed by atoms with Crippen molar-refractivity contribution < 1.29 is 46.0 Å². The first-order valence-electron chi connectivity index (χ1n) is 17.8. The summed E-state index contributed by atoms with van der Waals surface area (Å²) >= 11 is 0. The van der Waals surface area contributed by atoms with Crippen LogP contribution in [0.2, 0.25) is 0 Å². The highest BCUT2D eigenvalue weighted by atomic mass is 32.2. The van der Waals surface area contributed by atoms with E-state index in [-0.39, 0.29) is 25.3 Å². The Hall–Kier alpha value is -4.18. The Morgan fingerprint density at radius 1 is 1.06 bits per heavy atom. The topological polar surface area (TPSA) is 192 Å². The number of carbonyl (C=O) groups is 4. The van der Waals surface area contributed by atoms with Crippen molar-refractivity contribution in [1.82, 2.24) is 25.2 Å². The number of likely N-dealkylation sites (tertiary alicyclic amines) is 1. The van der Waals surface area contributed by atoms with Crippen molar-refractivity contribution in [3.05, 3.63) is 30.5 Å². The van der Waals surface area contributed by atoms with Gasteiger partial charge in [0.1, 0.15) is 35.1 Å². The van der Waals surface area contributed by atoms with Gasteiger partial charge in [-0.15, -0.1) is 0 Å². The molecule has 2 aromatic rings. The van der Waals surface area contributed by atoms with Gasteiger partial charge in [0, 0.05) is 18.0 Å². The lowest BCUT2D eigenvalue weighted by atomic mass is 9.85. The molecule has 4 aliphatic rings. The van der Waals surface area contributed by atoms with Crippen molar-refractivity contribution in [2.24, 2.45) is 11.3 Å². The standard InChI is InChI=1S/C36H49N5O10S/c1-8-22-19-36(22,31(44)40-52(46,47)51-35(6)14-15-35)39-28(42)26-18-24(49-29-25-10-9-23(48-7)17-21(25)11-16-37-29)20-41(26)30(43)27(33(2,3)4)38-32(45)50-34(5)12-13-34/h9-11,16-17,22,24,26-27H,8,12-15,18-20H2,1-7H3,(H,38,45)(H,39,42)(H,40,44)/t22?,24-,26?,27-,36-/m1/s1. The number of rotatable bonds is 13. The summed E-state index contributed by atoms with van der Waals surface area (Å²) in [6, 6.07) is 5.01.